The molecule has 0 aliphatic rings. The van der Waals surface area contributed by atoms with Gasteiger partial charge in [0.2, 0.25) is 0 Å². The van der Waals surface area contributed by atoms with E-state index in [2.05, 4.69) is 0 Å². The Bertz CT molecular complexity index is 970. The van der Waals surface area contributed by atoms with Gasteiger partial charge in [-0.1, -0.05) is 38.1 Å². The van der Waals surface area contributed by atoms with Gasteiger partial charge in [-0.25, -0.2) is 9.59 Å². The zero-order valence-electron chi connectivity index (χ0n) is 18.5. The number of carbonyl (C=O) groups excluding carboxylic acids is 3. The van der Waals surface area contributed by atoms with Crippen molar-refractivity contribution < 1.29 is 38.5 Å². The highest BCUT2D eigenvalue weighted by Crippen LogP contribution is 2.16. The standard InChI is InChI=1S/C25H26O8/c1-3-15-31-24(29)21(25(30)32-16-4-2)14-7-17-5-8-19(9-6-17)23(28)33-20-12-10-18(11-13-20)22(26)27/h5-14,21H,3-4,15-16H2,1-2H3,(H,26,27)/b14-7+. The predicted molar refractivity (Wildman–Crippen MR) is 120 cm³/mol. The van der Waals surface area contributed by atoms with Crippen LogP contribution in [0.2, 0.25) is 0 Å². The molecule has 8 heteroatoms. The molecule has 0 amide bonds. The normalized spacial score (nSPS) is 10.8. The molecule has 0 radical (unpaired) electrons. The Morgan fingerprint density at radius 3 is 1.82 bits per heavy atom. The first-order valence-electron chi connectivity index (χ1n) is 10.5. The maximum atomic E-state index is 12.3. The number of hydrogen-bond donors (Lipinski definition) is 1. The number of rotatable bonds is 11. The van der Waals surface area contributed by atoms with E-state index in [1.807, 2.05) is 13.8 Å². The van der Waals surface area contributed by atoms with Gasteiger partial charge >= 0.3 is 23.9 Å². The van der Waals surface area contributed by atoms with Crippen LogP contribution in [0.1, 0.15) is 53.0 Å². The van der Waals surface area contributed by atoms with Crippen LogP contribution in [-0.2, 0) is 19.1 Å². The Balaban J connectivity index is 2.06. The molecule has 0 unspecified atom stereocenters. The smallest absolute Gasteiger partial charge is 0.343 e. The van der Waals surface area contributed by atoms with Crippen molar-refractivity contribution in [3.63, 3.8) is 0 Å². The number of carboxylic acid groups (broad SMARTS) is 1. The van der Waals surface area contributed by atoms with Gasteiger partial charge < -0.3 is 19.3 Å². The van der Waals surface area contributed by atoms with Crippen molar-refractivity contribution in [2.45, 2.75) is 26.7 Å². The Labute approximate surface area is 191 Å². The fourth-order valence-electron chi connectivity index (χ4n) is 2.61. The lowest BCUT2D eigenvalue weighted by Crippen LogP contribution is -2.26. The molecule has 0 aromatic heterocycles. The lowest BCUT2D eigenvalue weighted by atomic mass is 10.1. The molecule has 0 fully saturated rings. The number of aromatic carboxylic acids is 1. The first kappa shape index (κ1) is 25.3. The van der Waals surface area contributed by atoms with Crippen LogP contribution in [0.25, 0.3) is 6.08 Å². The second-order valence-electron chi connectivity index (χ2n) is 7.01. The van der Waals surface area contributed by atoms with Crippen LogP contribution in [0.3, 0.4) is 0 Å². The lowest BCUT2D eigenvalue weighted by Gasteiger charge is -2.11. The SMILES string of the molecule is CCCOC(=O)C(/C=C/c1ccc(C(=O)Oc2ccc(C(=O)O)cc2)cc1)C(=O)OCCC. The molecule has 0 heterocycles. The molecular formula is C25H26O8. The molecule has 2 aromatic carbocycles. The van der Waals surface area contributed by atoms with E-state index in [1.165, 1.54) is 42.5 Å². The summed E-state index contributed by atoms with van der Waals surface area (Å²) >= 11 is 0. The lowest BCUT2D eigenvalue weighted by molar-refractivity contribution is -0.159. The van der Waals surface area contributed by atoms with E-state index in [1.54, 1.807) is 18.2 Å². The minimum atomic E-state index is -1.18. The van der Waals surface area contributed by atoms with Crippen molar-refractivity contribution in [2.24, 2.45) is 5.92 Å². The van der Waals surface area contributed by atoms with Crippen molar-refractivity contribution >= 4 is 30.0 Å². The van der Waals surface area contributed by atoms with Crippen molar-refractivity contribution in [1.29, 1.82) is 0 Å². The zero-order valence-corrected chi connectivity index (χ0v) is 18.5. The quantitative estimate of drug-likeness (QED) is 0.306. The molecule has 0 atom stereocenters. The van der Waals surface area contributed by atoms with E-state index >= 15 is 0 Å². The Morgan fingerprint density at radius 1 is 0.818 bits per heavy atom. The highest BCUT2D eigenvalue weighted by Gasteiger charge is 2.27. The summed E-state index contributed by atoms with van der Waals surface area (Å²) in [6.45, 7) is 4.12. The van der Waals surface area contributed by atoms with Crippen LogP contribution < -0.4 is 4.74 Å². The van der Waals surface area contributed by atoms with Gasteiger partial charge in [0.1, 0.15) is 5.75 Å². The van der Waals surface area contributed by atoms with Crippen LogP contribution in [0.4, 0.5) is 0 Å². The van der Waals surface area contributed by atoms with Gasteiger partial charge in [-0.15, -0.1) is 0 Å². The van der Waals surface area contributed by atoms with Gasteiger partial charge in [0, 0.05) is 0 Å². The summed E-state index contributed by atoms with van der Waals surface area (Å²) in [6, 6.07) is 11.8. The molecule has 0 aliphatic heterocycles. The highest BCUT2D eigenvalue weighted by atomic mass is 16.6. The Morgan fingerprint density at radius 2 is 1.33 bits per heavy atom. The van der Waals surface area contributed by atoms with Gasteiger partial charge in [0.25, 0.3) is 0 Å². The monoisotopic (exact) mass is 454 g/mol. The molecule has 0 saturated carbocycles. The van der Waals surface area contributed by atoms with Crippen LogP contribution in [-0.4, -0.2) is 42.2 Å². The zero-order chi connectivity index (χ0) is 24.2. The first-order chi connectivity index (χ1) is 15.8. The average molecular weight is 454 g/mol. The Kier molecular flexibility index (Phi) is 9.82. The summed E-state index contributed by atoms with van der Waals surface area (Å²) in [4.78, 5) is 47.7. The minimum Gasteiger partial charge on any atom is -0.478 e. The number of carboxylic acids is 1. The number of benzene rings is 2. The summed E-state index contributed by atoms with van der Waals surface area (Å²) in [5, 5.41) is 8.91. The summed E-state index contributed by atoms with van der Waals surface area (Å²) in [7, 11) is 0. The van der Waals surface area contributed by atoms with Crippen LogP contribution in [0.5, 0.6) is 5.75 Å². The van der Waals surface area contributed by atoms with E-state index in [9.17, 15) is 19.2 Å². The maximum absolute atomic E-state index is 12.3. The molecule has 0 saturated heterocycles. The number of carbonyl (C=O) groups is 4. The Hall–Kier alpha value is -3.94. The molecule has 8 nitrogen and oxygen atoms in total. The van der Waals surface area contributed by atoms with Crippen molar-refractivity contribution in [2.75, 3.05) is 13.2 Å². The predicted octanol–water partition coefficient (Wildman–Crippen LogP) is 4.14. The third kappa shape index (κ3) is 7.92. The van der Waals surface area contributed by atoms with Crippen molar-refractivity contribution in [1.82, 2.24) is 0 Å². The molecule has 0 aliphatic carbocycles. The van der Waals surface area contributed by atoms with E-state index in [0.29, 0.717) is 18.4 Å². The molecule has 33 heavy (non-hydrogen) atoms. The summed E-state index contributed by atoms with van der Waals surface area (Å²) < 4.78 is 15.4. The molecule has 0 spiro atoms. The largest absolute Gasteiger partial charge is 0.478 e. The average Bonchev–Trinajstić information content (AvgIpc) is 2.82. The number of esters is 3. The molecule has 0 bridgehead atoms. The summed E-state index contributed by atoms with van der Waals surface area (Å²) in [6.07, 6.45) is 4.25. The molecule has 2 rings (SSSR count). The van der Waals surface area contributed by atoms with E-state index in [-0.39, 0.29) is 30.1 Å². The molecule has 1 N–H and O–H groups in total. The van der Waals surface area contributed by atoms with Crippen molar-refractivity contribution in [3.8, 4) is 5.75 Å². The summed E-state index contributed by atoms with van der Waals surface area (Å²) in [5.41, 5.74) is 1.01. The van der Waals surface area contributed by atoms with E-state index < -0.39 is 29.8 Å². The van der Waals surface area contributed by atoms with Gasteiger partial charge in [0.05, 0.1) is 24.3 Å². The first-order valence-corrected chi connectivity index (χ1v) is 10.5. The summed E-state index contributed by atoms with van der Waals surface area (Å²) in [5.74, 6) is -4.00. The molecular weight excluding hydrogens is 428 g/mol. The third-order valence-electron chi connectivity index (χ3n) is 4.34. The van der Waals surface area contributed by atoms with Crippen LogP contribution >= 0.6 is 0 Å². The van der Waals surface area contributed by atoms with E-state index in [0.717, 1.165) is 0 Å². The van der Waals surface area contributed by atoms with Gasteiger partial charge in [-0.05, 0) is 54.8 Å². The van der Waals surface area contributed by atoms with Gasteiger partial charge in [-0.2, -0.15) is 0 Å². The topological polar surface area (TPSA) is 116 Å². The van der Waals surface area contributed by atoms with Crippen molar-refractivity contribution in [3.05, 3.63) is 71.3 Å². The second-order valence-corrected chi connectivity index (χ2v) is 7.01. The van der Waals surface area contributed by atoms with Crippen LogP contribution in [0.15, 0.2) is 54.6 Å². The van der Waals surface area contributed by atoms with Crippen LogP contribution in [0, 0.1) is 5.92 Å². The maximum Gasteiger partial charge on any atom is 0.343 e. The fourth-order valence-corrected chi connectivity index (χ4v) is 2.61. The third-order valence-corrected chi connectivity index (χ3v) is 4.34. The molecule has 174 valence electrons. The fraction of sp³-hybridized carbons (Fsp3) is 0.280. The number of hydrogen-bond acceptors (Lipinski definition) is 7. The van der Waals surface area contributed by atoms with Gasteiger partial charge in [0.15, 0.2) is 5.92 Å². The van der Waals surface area contributed by atoms with E-state index in [4.69, 9.17) is 19.3 Å². The second kappa shape index (κ2) is 12.8. The molecule has 2 aromatic rings. The highest BCUT2D eigenvalue weighted by molar-refractivity contribution is 5.98. The number of ether oxygens (including phenoxy) is 3. The van der Waals surface area contributed by atoms with Gasteiger partial charge in [-0.3, -0.25) is 9.59 Å². The minimum absolute atomic E-state index is 0.0846.